The number of amides is 1. The summed E-state index contributed by atoms with van der Waals surface area (Å²) in [4.78, 5) is 15.0. The van der Waals surface area contributed by atoms with Crippen LogP contribution in [0.2, 0.25) is 0 Å². The van der Waals surface area contributed by atoms with E-state index in [2.05, 4.69) is 42.3 Å². The van der Waals surface area contributed by atoms with Crippen LogP contribution in [-0.4, -0.2) is 38.1 Å². The molecule has 0 aliphatic carbocycles. The summed E-state index contributed by atoms with van der Waals surface area (Å²) in [7, 11) is 3.26. The number of likely N-dealkylation sites (tertiary alicyclic amines) is 1. The van der Waals surface area contributed by atoms with Crippen LogP contribution in [0.3, 0.4) is 0 Å². The molecule has 5 nitrogen and oxygen atoms in total. The zero-order chi connectivity index (χ0) is 22.2. The van der Waals surface area contributed by atoms with Gasteiger partial charge >= 0.3 is 0 Å². The van der Waals surface area contributed by atoms with Crippen molar-refractivity contribution in [2.45, 2.75) is 52.6 Å². The Kier molecular flexibility index (Phi) is 8.35. The molecule has 5 heteroatoms. The molecule has 3 rings (SSSR count). The molecule has 1 N–H and O–H groups in total. The van der Waals surface area contributed by atoms with Crippen molar-refractivity contribution in [1.29, 1.82) is 0 Å². The van der Waals surface area contributed by atoms with Crippen molar-refractivity contribution in [2.75, 3.05) is 27.3 Å². The molecular weight excluding hydrogens is 388 g/mol. The van der Waals surface area contributed by atoms with E-state index < -0.39 is 0 Å². The van der Waals surface area contributed by atoms with E-state index in [1.54, 1.807) is 14.2 Å². The minimum Gasteiger partial charge on any atom is -0.497 e. The average molecular weight is 425 g/mol. The van der Waals surface area contributed by atoms with Gasteiger partial charge in [-0.1, -0.05) is 23.8 Å². The van der Waals surface area contributed by atoms with Crippen LogP contribution < -0.4 is 14.8 Å². The summed E-state index contributed by atoms with van der Waals surface area (Å²) < 4.78 is 10.6. The number of benzene rings is 2. The average Bonchev–Trinajstić information content (AvgIpc) is 2.78. The minimum atomic E-state index is 0.101. The van der Waals surface area contributed by atoms with Crippen LogP contribution in [0.25, 0.3) is 0 Å². The largest absolute Gasteiger partial charge is 0.497 e. The lowest BCUT2D eigenvalue weighted by molar-refractivity contribution is -0.121. The Morgan fingerprint density at radius 1 is 1.10 bits per heavy atom. The van der Waals surface area contributed by atoms with E-state index in [9.17, 15) is 4.79 Å². The maximum Gasteiger partial charge on any atom is 0.220 e. The lowest BCUT2D eigenvalue weighted by atomic mass is 9.92. The van der Waals surface area contributed by atoms with Gasteiger partial charge in [0.25, 0.3) is 0 Å². The Balaban J connectivity index is 1.45. The first-order chi connectivity index (χ1) is 15.0. The van der Waals surface area contributed by atoms with Gasteiger partial charge in [-0.3, -0.25) is 9.69 Å². The normalized spacial score (nSPS) is 16.7. The highest BCUT2D eigenvalue weighted by Crippen LogP contribution is 2.25. The third-order valence-corrected chi connectivity index (χ3v) is 6.25. The van der Waals surface area contributed by atoms with Gasteiger partial charge < -0.3 is 14.8 Å². The summed E-state index contributed by atoms with van der Waals surface area (Å²) in [5.74, 6) is 2.16. The third-order valence-electron chi connectivity index (χ3n) is 6.25. The van der Waals surface area contributed by atoms with Crippen LogP contribution in [-0.2, 0) is 17.9 Å². The standard InChI is InChI=1S/C26H36N2O3/c1-19-7-8-20(2)23(14-19)18-28-13-5-6-21(17-28)9-12-26(29)27-16-22-10-11-24(30-3)15-25(22)31-4/h7-8,10-11,14-15,21H,5-6,9,12-13,16-18H2,1-4H3,(H,27,29)/t21-/m0/s1. The maximum atomic E-state index is 12.4. The van der Waals surface area contributed by atoms with E-state index in [0.717, 1.165) is 43.1 Å². The molecule has 1 atom stereocenters. The summed E-state index contributed by atoms with van der Waals surface area (Å²) >= 11 is 0. The van der Waals surface area contributed by atoms with Crippen molar-refractivity contribution < 1.29 is 14.3 Å². The molecule has 1 fully saturated rings. The molecule has 0 spiro atoms. The van der Waals surface area contributed by atoms with Gasteiger partial charge in [0, 0.05) is 37.7 Å². The van der Waals surface area contributed by atoms with Gasteiger partial charge in [0.1, 0.15) is 11.5 Å². The highest BCUT2D eigenvalue weighted by molar-refractivity contribution is 5.75. The summed E-state index contributed by atoms with van der Waals surface area (Å²) in [5.41, 5.74) is 5.06. The van der Waals surface area contributed by atoms with Crippen molar-refractivity contribution in [2.24, 2.45) is 5.92 Å². The molecule has 0 saturated carbocycles. The van der Waals surface area contributed by atoms with E-state index in [-0.39, 0.29) is 5.91 Å². The van der Waals surface area contributed by atoms with Crippen molar-refractivity contribution in [3.05, 3.63) is 58.7 Å². The monoisotopic (exact) mass is 424 g/mol. The van der Waals surface area contributed by atoms with Gasteiger partial charge in [-0.15, -0.1) is 0 Å². The number of carbonyl (C=O) groups excluding carboxylic acids is 1. The Bertz CT molecular complexity index is 881. The highest BCUT2D eigenvalue weighted by Gasteiger charge is 2.21. The molecule has 1 aliphatic heterocycles. The number of hydrogen-bond donors (Lipinski definition) is 1. The minimum absolute atomic E-state index is 0.101. The van der Waals surface area contributed by atoms with E-state index in [0.29, 0.717) is 18.9 Å². The fourth-order valence-electron chi connectivity index (χ4n) is 4.36. The fourth-order valence-corrected chi connectivity index (χ4v) is 4.36. The van der Waals surface area contributed by atoms with Crippen LogP contribution in [0.4, 0.5) is 0 Å². The molecule has 1 saturated heterocycles. The zero-order valence-electron chi connectivity index (χ0n) is 19.4. The summed E-state index contributed by atoms with van der Waals surface area (Å²) in [6.07, 6.45) is 3.93. The molecule has 168 valence electrons. The van der Waals surface area contributed by atoms with Crippen molar-refractivity contribution in [3.8, 4) is 11.5 Å². The first kappa shape index (κ1) is 23.1. The Morgan fingerprint density at radius 2 is 1.94 bits per heavy atom. The molecule has 2 aromatic rings. The lowest BCUT2D eigenvalue weighted by Crippen LogP contribution is -2.35. The number of methoxy groups -OCH3 is 2. The number of rotatable bonds is 9. The maximum absolute atomic E-state index is 12.4. The van der Waals surface area contributed by atoms with Crippen molar-refractivity contribution in [3.63, 3.8) is 0 Å². The number of nitrogens with one attached hydrogen (secondary N) is 1. The molecular formula is C26H36N2O3. The van der Waals surface area contributed by atoms with Gasteiger partial charge in [0.2, 0.25) is 5.91 Å². The second-order valence-electron chi connectivity index (χ2n) is 8.67. The fraction of sp³-hybridized carbons (Fsp3) is 0.500. The first-order valence-corrected chi connectivity index (χ1v) is 11.2. The zero-order valence-corrected chi connectivity index (χ0v) is 19.4. The summed E-state index contributed by atoms with van der Waals surface area (Å²) in [5, 5.41) is 3.04. The smallest absolute Gasteiger partial charge is 0.220 e. The molecule has 1 heterocycles. The van der Waals surface area contributed by atoms with E-state index in [4.69, 9.17) is 9.47 Å². The summed E-state index contributed by atoms with van der Waals surface area (Å²) in [6, 6.07) is 12.4. The van der Waals surface area contributed by atoms with E-state index in [1.165, 1.54) is 29.5 Å². The summed E-state index contributed by atoms with van der Waals surface area (Å²) in [6.45, 7) is 8.05. The van der Waals surface area contributed by atoms with Crippen LogP contribution in [0.15, 0.2) is 36.4 Å². The predicted molar refractivity (Wildman–Crippen MR) is 125 cm³/mol. The SMILES string of the molecule is COc1ccc(CNC(=O)CC[C@@H]2CCCN(Cc3cc(C)ccc3C)C2)c(OC)c1. The van der Waals surface area contributed by atoms with Crippen LogP contribution in [0, 0.1) is 19.8 Å². The molecule has 31 heavy (non-hydrogen) atoms. The van der Waals surface area contributed by atoms with Crippen LogP contribution >= 0.6 is 0 Å². The second-order valence-corrected chi connectivity index (χ2v) is 8.67. The Hall–Kier alpha value is -2.53. The lowest BCUT2D eigenvalue weighted by Gasteiger charge is -2.33. The molecule has 0 radical (unpaired) electrons. The number of carbonyl (C=O) groups is 1. The quantitative estimate of drug-likeness (QED) is 0.638. The third kappa shape index (κ3) is 6.73. The molecule has 0 bridgehead atoms. The van der Waals surface area contributed by atoms with Crippen molar-refractivity contribution in [1.82, 2.24) is 10.2 Å². The molecule has 1 aliphatic rings. The van der Waals surface area contributed by atoms with Crippen LogP contribution in [0.1, 0.15) is 47.9 Å². The number of hydrogen-bond acceptors (Lipinski definition) is 4. The number of aryl methyl sites for hydroxylation is 2. The Labute approximate surface area is 186 Å². The molecule has 0 aromatic heterocycles. The second kappa shape index (κ2) is 11.2. The molecule has 0 unspecified atom stereocenters. The Morgan fingerprint density at radius 3 is 2.71 bits per heavy atom. The molecule has 2 aromatic carbocycles. The van der Waals surface area contributed by atoms with Gasteiger partial charge in [-0.25, -0.2) is 0 Å². The van der Waals surface area contributed by atoms with Crippen molar-refractivity contribution >= 4 is 5.91 Å². The topological polar surface area (TPSA) is 50.8 Å². The number of piperidine rings is 1. The van der Waals surface area contributed by atoms with Gasteiger partial charge in [0.15, 0.2) is 0 Å². The number of ether oxygens (including phenoxy) is 2. The first-order valence-electron chi connectivity index (χ1n) is 11.2. The van der Waals surface area contributed by atoms with Gasteiger partial charge in [-0.2, -0.15) is 0 Å². The van der Waals surface area contributed by atoms with E-state index in [1.807, 2.05) is 18.2 Å². The van der Waals surface area contributed by atoms with Gasteiger partial charge in [0.05, 0.1) is 14.2 Å². The van der Waals surface area contributed by atoms with Crippen LogP contribution in [0.5, 0.6) is 11.5 Å². The molecule has 1 amide bonds. The highest BCUT2D eigenvalue weighted by atomic mass is 16.5. The van der Waals surface area contributed by atoms with E-state index >= 15 is 0 Å². The van der Waals surface area contributed by atoms with Gasteiger partial charge in [-0.05, 0) is 68.8 Å². The number of nitrogens with zero attached hydrogens (tertiary/aromatic N) is 1. The predicted octanol–water partition coefficient (Wildman–Crippen LogP) is 4.63.